The van der Waals surface area contributed by atoms with Crippen molar-refractivity contribution in [2.75, 3.05) is 13.7 Å². The van der Waals surface area contributed by atoms with Gasteiger partial charge in [0.2, 0.25) is 5.91 Å². The Morgan fingerprint density at radius 2 is 1.95 bits per heavy atom. The zero-order valence-electron chi connectivity index (χ0n) is 12.9. The first-order chi connectivity index (χ1) is 9.90. The maximum atomic E-state index is 12.3. The van der Waals surface area contributed by atoms with E-state index in [9.17, 15) is 9.59 Å². The van der Waals surface area contributed by atoms with E-state index in [4.69, 9.17) is 4.74 Å². The highest BCUT2D eigenvalue weighted by Gasteiger charge is 2.40. The molecule has 21 heavy (non-hydrogen) atoms. The number of carbonyl (C=O) groups excluding carboxylic acids is 2. The molecule has 2 unspecified atom stereocenters. The van der Waals surface area contributed by atoms with Crippen LogP contribution < -0.4 is 5.32 Å². The average Bonchev–Trinajstić information content (AvgIpc) is 2.42. The Bertz CT molecular complexity index is 525. The Kier molecular flexibility index (Phi) is 4.63. The Morgan fingerprint density at radius 1 is 1.33 bits per heavy atom. The van der Waals surface area contributed by atoms with Crippen molar-refractivity contribution in [3.63, 3.8) is 0 Å². The molecule has 5 heteroatoms. The van der Waals surface area contributed by atoms with E-state index in [1.54, 1.807) is 11.9 Å². The number of ether oxygens (including phenoxy) is 1. The number of nitrogens with zero attached hydrogens (tertiary/aromatic N) is 1. The van der Waals surface area contributed by atoms with Crippen LogP contribution in [0.1, 0.15) is 31.0 Å². The first-order valence-corrected chi connectivity index (χ1v) is 7.14. The first kappa shape index (κ1) is 15.5. The normalized spacial score (nSPS) is 22.5. The Labute approximate surface area is 125 Å². The predicted octanol–water partition coefficient (Wildman–Crippen LogP) is 1.42. The van der Waals surface area contributed by atoms with Gasteiger partial charge in [0.05, 0.1) is 6.04 Å². The zero-order chi connectivity index (χ0) is 15.6. The van der Waals surface area contributed by atoms with Crippen molar-refractivity contribution in [2.45, 2.75) is 39.0 Å². The van der Waals surface area contributed by atoms with E-state index in [2.05, 4.69) is 5.32 Å². The van der Waals surface area contributed by atoms with Gasteiger partial charge in [-0.15, -0.1) is 0 Å². The van der Waals surface area contributed by atoms with Gasteiger partial charge in [-0.3, -0.25) is 9.59 Å². The number of morpholine rings is 1. The second kappa shape index (κ2) is 6.26. The van der Waals surface area contributed by atoms with Gasteiger partial charge in [0.25, 0.3) is 5.91 Å². The van der Waals surface area contributed by atoms with Crippen LogP contribution in [0.3, 0.4) is 0 Å². The average molecular weight is 290 g/mol. The maximum absolute atomic E-state index is 12.3. The number of aryl methyl sites for hydroxylation is 1. The van der Waals surface area contributed by atoms with E-state index in [-0.39, 0.29) is 24.5 Å². The number of hydrogen-bond donors (Lipinski definition) is 1. The number of benzene rings is 1. The molecule has 0 aliphatic carbocycles. The molecule has 1 N–H and O–H groups in total. The standard InChI is InChI=1S/C16H22N2O3/c1-10(2)17-16(20)15-14(18(4)13(19)9-21-15)12-7-5-11(3)6-8-12/h5-8,10,14-15H,9H2,1-4H3,(H,17,20). The summed E-state index contributed by atoms with van der Waals surface area (Å²) in [7, 11) is 1.71. The molecule has 1 aromatic rings. The van der Waals surface area contributed by atoms with E-state index >= 15 is 0 Å². The number of carbonyl (C=O) groups is 2. The Hall–Kier alpha value is -1.88. The molecule has 0 saturated carbocycles. The SMILES string of the molecule is Cc1ccc(C2C(C(=O)NC(C)C)OCC(=O)N2C)cc1. The number of rotatable bonds is 3. The van der Waals surface area contributed by atoms with Crippen LogP contribution in [0.15, 0.2) is 24.3 Å². The molecule has 1 aliphatic rings. The van der Waals surface area contributed by atoms with Gasteiger partial charge in [0, 0.05) is 13.1 Å². The highest BCUT2D eigenvalue weighted by molar-refractivity contribution is 5.86. The van der Waals surface area contributed by atoms with Gasteiger partial charge in [0.15, 0.2) is 6.10 Å². The lowest BCUT2D eigenvalue weighted by Crippen LogP contribution is -2.53. The summed E-state index contributed by atoms with van der Waals surface area (Å²) >= 11 is 0. The maximum Gasteiger partial charge on any atom is 0.251 e. The molecule has 1 saturated heterocycles. The molecule has 1 aliphatic heterocycles. The summed E-state index contributed by atoms with van der Waals surface area (Å²) in [5.41, 5.74) is 2.03. The fraction of sp³-hybridized carbons (Fsp3) is 0.500. The second-order valence-corrected chi connectivity index (χ2v) is 5.76. The molecule has 114 valence electrons. The molecule has 0 radical (unpaired) electrons. The molecule has 2 rings (SSSR count). The minimum atomic E-state index is -0.683. The van der Waals surface area contributed by atoms with Crippen molar-refractivity contribution in [2.24, 2.45) is 0 Å². The summed E-state index contributed by atoms with van der Waals surface area (Å²) < 4.78 is 5.52. The van der Waals surface area contributed by atoms with E-state index in [0.717, 1.165) is 11.1 Å². The van der Waals surface area contributed by atoms with E-state index < -0.39 is 12.1 Å². The van der Waals surface area contributed by atoms with Gasteiger partial charge in [-0.2, -0.15) is 0 Å². The van der Waals surface area contributed by atoms with E-state index in [0.29, 0.717) is 0 Å². The van der Waals surface area contributed by atoms with Gasteiger partial charge >= 0.3 is 0 Å². The van der Waals surface area contributed by atoms with Crippen molar-refractivity contribution in [3.8, 4) is 0 Å². The third kappa shape index (κ3) is 3.42. The topological polar surface area (TPSA) is 58.6 Å². The van der Waals surface area contributed by atoms with Gasteiger partial charge in [0.1, 0.15) is 6.61 Å². The summed E-state index contributed by atoms with van der Waals surface area (Å²) in [5.74, 6) is -0.302. The van der Waals surface area contributed by atoms with Crippen LogP contribution in [-0.2, 0) is 14.3 Å². The summed E-state index contributed by atoms with van der Waals surface area (Å²) in [6.45, 7) is 5.74. The molecule has 0 spiro atoms. The number of nitrogens with one attached hydrogen (secondary N) is 1. The summed E-state index contributed by atoms with van der Waals surface area (Å²) in [4.78, 5) is 25.8. The smallest absolute Gasteiger partial charge is 0.251 e. The van der Waals surface area contributed by atoms with Crippen molar-refractivity contribution in [3.05, 3.63) is 35.4 Å². The number of likely N-dealkylation sites (N-methyl/N-ethyl adjacent to an activating group) is 1. The van der Waals surface area contributed by atoms with E-state index in [1.807, 2.05) is 45.0 Å². The van der Waals surface area contributed by atoms with Gasteiger partial charge in [-0.1, -0.05) is 29.8 Å². The van der Waals surface area contributed by atoms with Gasteiger partial charge in [-0.05, 0) is 26.3 Å². The molecule has 2 amide bonds. The van der Waals surface area contributed by atoms with E-state index in [1.165, 1.54) is 0 Å². The lowest BCUT2D eigenvalue weighted by Gasteiger charge is -2.38. The monoisotopic (exact) mass is 290 g/mol. The summed E-state index contributed by atoms with van der Waals surface area (Å²) in [6, 6.07) is 7.45. The van der Waals surface area contributed by atoms with Crippen LogP contribution in [0.5, 0.6) is 0 Å². The zero-order valence-corrected chi connectivity index (χ0v) is 12.9. The lowest BCUT2D eigenvalue weighted by atomic mass is 9.96. The van der Waals surface area contributed by atoms with Gasteiger partial charge < -0.3 is 15.0 Å². The first-order valence-electron chi connectivity index (χ1n) is 7.14. The minimum absolute atomic E-state index is 0.0303. The Balaban J connectivity index is 2.31. The molecule has 1 aromatic carbocycles. The highest BCUT2D eigenvalue weighted by atomic mass is 16.5. The molecule has 1 fully saturated rings. The number of amides is 2. The van der Waals surface area contributed by atoms with Crippen LogP contribution >= 0.6 is 0 Å². The number of hydrogen-bond acceptors (Lipinski definition) is 3. The quantitative estimate of drug-likeness (QED) is 0.916. The van der Waals surface area contributed by atoms with Crippen molar-refractivity contribution in [1.29, 1.82) is 0 Å². The largest absolute Gasteiger partial charge is 0.356 e. The van der Waals surface area contributed by atoms with Crippen LogP contribution in [0.2, 0.25) is 0 Å². The predicted molar refractivity (Wildman–Crippen MR) is 79.7 cm³/mol. The van der Waals surface area contributed by atoms with Crippen LogP contribution in [0.25, 0.3) is 0 Å². The molecule has 0 bridgehead atoms. The molecule has 0 aromatic heterocycles. The molecule has 5 nitrogen and oxygen atoms in total. The molecular weight excluding hydrogens is 268 g/mol. The molecular formula is C16H22N2O3. The third-order valence-corrected chi connectivity index (χ3v) is 3.59. The Morgan fingerprint density at radius 3 is 2.52 bits per heavy atom. The minimum Gasteiger partial charge on any atom is -0.356 e. The highest BCUT2D eigenvalue weighted by Crippen LogP contribution is 2.29. The summed E-state index contributed by atoms with van der Waals surface area (Å²) in [6.07, 6.45) is -0.683. The lowest BCUT2D eigenvalue weighted by molar-refractivity contribution is -0.162. The molecule has 2 atom stereocenters. The van der Waals surface area contributed by atoms with Crippen molar-refractivity contribution < 1.29 is 14.3 Å². The van der Waals surface area contributed by atoms with Crippen molar-refractivity contribution in [1.82, 2.24) is 10.2 Å². The fourth-order valence-electron chi connectivity index (χ4n) is 2.46. The summed E-state index contributed by atoms with van der Waals surface area (Å²) in [5, 5.41) is 2.86. The molecule has 1 heterocycles. The van der Waals surface area contributed by atoms with Gasteiger partial charge in [-0.25, -0.2) is 0 Å². The van der Waals surface area contributed by atoms with Crippen molar-refractivity contribution >= 4 is 11.8 Å². The van der Waals surface area contributed by atoms with Crippen LogP contribution in [-0.4, -0.2) is 42.5 Å². The third-order valence-electron chi connectivity index (χ3n) is 3.59. The van der Waals surface area contributed by atoms with Crippen LogP contribution in [0, 0.1) is 6.92 Å². The second-order valence-electron chi connectivity index (χ2n) is 5.76. The van der Waals surface area contributed by atoms with Crippen LogP contribution in [0.4, 0.5) is 0 Å². The fourth-order valence-corrected chi connectivity index (χ4v) is 2.46.